The van der Waals surface area contributed by atoms with Gasteiger partial charge in [-0.1, -0.05) is 5.92 Å². The average Bonchev–Trinajstić information content (AvgIpc) is 3.11. The summed E-state index contributed by atoms with van der Waals surface area (Å²) in [4.78, 5) is 16.1. The van der Waals surface area contributed by atoms with Crippen molar-refractivity contribution in [3.63, 3.8) is 0 Å². The van der Waals surface area contributed by atoms with Crippen molar-refractivity contribution in [1.82, 2.24) is 19.7 Å². The number of rotatable bonds is 3. The number of hydrogen-bond donors (Lipinski definition) is 3. The van der Waals surface area contributed by atoms with Gasteiger partial charge in [0.15, 0.2) is 5.82 Å². The van der Waals surface area contributed by atoms with Crippen molar-refractivity contribution in [2.45, 2.75) is 20.4 Å². The molecule has 0 aliphatic rings. The van der Waals surface area contributed by atoms with Gasteiger partial charge in [0, 0.05) is 19.2 Å². The molecule has 122 valence electrons. The molecule has 3 aromatic rings. The number of carbonyl (C=O) groups excluding carboxylic acids is 1. The summed E-state index contributed by atoms with van der Waals surface area (Å²) in [6.07, 6.45) is 0. The number of primary amides is 1. The third-order valence-electron chi connectivity index (χ3n) is 3.84. The predicted octanol–water partition coefficient (Wildman–Crippen LogP) is 1.63. The maximum atomic E-state index is 11.6. The number of nitrogens with two attached hydrogens (primary N) is 1. The molecule has 0 bridgehead atoms. The highest BCUT2D eigenvalue weighted by Gasteiger charge is 2.15. The van der Waals surface area contributed by atoms with Crippen LogP contribution in [0.5, 0.6) is 0 Å². The number of aromatic nitrogens is 4. The van der Waals surface area contributed by atoms with Gasteiger partial charge < -0.3 is 15.6 Å². The molecule has 4 N–H and O–H groups in total. The molecule has 7 nitrogen and oxygen atoms in total. The number of imidazole rings is 1. The van der Waals surface area contributed by atoms with Crippen LogP contribution in [0.4, 0.5) is 5.82 Å². The maximum Gasteiger partial charge on any atom is 0.255 e. The van der Waals surface area contributed by atoms with Crippen LogP contribution in [-0.4, -0.2) is 32.7 Å². The molecule has 0 fully saturated rings. The van der Waals surface area contributed by atoms with E-state index in [-0.39, 0.29) is 5.56 Å². The minimum Gasteiger partial charge on any atom is -0.371 e. The lowest BCUT2D eigenvalue weighted by Crippen LogP contribution is -2.13. The van der Waals surface area contributed by atoms with Crippen LogP contribution in [0, 0.1) is 18.8 Å². The summed E-state index contributed by atoms with van der Waals surface area (Å²) < 4.78 is 2.14. The van der Waals surface area contributed by atoms with E-state index in [0.717, 1.165) is 29.0 Å². The molecule has 0 atom stereocenters. The van der Waals surface area contributed by atoms with E-state index >= 15 is 0 Å². The molecular formula is C17H18N6O. The number of fused-ring (bicyclic) bond motifs is 1. The number of aromatic amines is 1. The quantitative estimate of drug-likeness (QED) is 0.638. The summed E-state index contributed by atoms with van der Waals surface area (Å²) in [5.41, 5.74) is 8.83. The van der Waals surface area contributed by atoms with E-state index in [2.05, 4.69) is 43.8 Å². The van der Waals surface area contributed by atoms with Crippen LogP contribution in [0.15, 0.2) is 18.2 Å². The fourth-order valence-corrected chi connectivity index (χ4v) is 2.72. The van der Waals surface area contributed by atoms with Gasteiger partial charge in [0.2, 0.25) is 0 Å². The van der Waals surface area contributed by atoms with E-state index in [4.69, 9.17) is 5.73 Å². The molecule has 3 rings (SSSR count). The summed E-state index contributed by atoms with van der Waals surface area (Å²) in [6, 6.07) is 5.87. The van der Waals surface area contributed by atoms with Gasteiger partial charge in [-0.15, -0.1) is 0 Å². The molecule has 7 heteroatoms. The Bertz CT molecular complexity index is 986. The molecule has 1 aromatic carbocycles. The van der Waals surface area contributed by atoms with E-state index < -0.39 is 5.91 Å². The second-order valence-electron chi connectivity index (χ2n) is 5.29. The van der Waals surface area contributed by atoms with Crippen molar-refractivity contribution in [2.24, 2.45) is 5.73 Å². The fourth-order valence-electron chi connectivity index (χ4n) is 2.72. The second kappa shape index (κ2) is 6.08. The zero-order valence-electron chi connectivity index (χ0n) is 13.8. The van der Waals surface area contributed by atoms with Gasteiger partial charge in [-0.25, -0.2) is 4.98 Å². The van der Waals surface area contributed by atoms with Crippen molar-refractivity contribution in [3.8, 4) is 11.8 Å². The lowest BCUT2D eigenvalue weighted by Gasteiger charge is -2.01. The van der Waals surface area contributed by atoms with Crippen LogP contribution in [0.1, 0.15) is 34.4 Å². The van der Waals surface area contributed by atoms with Crippen LogP contribution < -0.4 is 11.1 Å². The van der Waals surface area contributed by atoms with E-state index in [1.807, 2.05) is 25.1 Å². The molecule has 24 heavy (non-hydrogen) atoms. The van der Waals surface area contributed by atoms with Gasteiger partial charge in [-0.2, -0.15) is 5.10 Å². The van der Waals surface area contributed by atoms with Crippen LogP contribution >= 0.6 is 0 Å². The number of nitrogens with zero attached hydrogens (tertiary/aromatic N) is 3. The first kappa shape index (κ1) is 15.6. The molecule has 0 spiro atoms. The zero-order chi connectivity index (χ0) is 17.3. The maximum absolute atomic E-state index is 11.6. The highest BCUT2D eigenvalue weighted by atomic mass is 16.1. The average molecular weight is 322 g/mol. The first-order chi connectivity index (χ1) is 11.5. The van der Waals surface area contributed by atoms with Crippen LogP contribution in [0.3, 0.4) is 0 Å². The third kappa shape index (κ3) is 2.58. The van der Waals surface area contributed by atoms with Gasteiger partial charge >= 0.3 is 0 Å². The Kier molecular flexibility index (Phi) is 3.96. The molecule has 0 aliphatic carbocycles. The van der Waals surface area contributed by atoms with E-state index in [1.165, 1.54) is 0 Å². The van der Waals surface area contributed by atoms with Gasteiger partial charge in [-0.3, -0.25) is 9.89 Å². The topological polar surface area (TPSA) is 102 Å². The molecule has 0 aliphatic heterocycles. The van der Waals surface area contributed by atoms with Crippen LogP contribution in [0.2, 0.25) is 0 Å². The Balaban J connectivity index is 2.01. The Morgan fingerprint density at radius 1 is 1.42 bits per heavy atom. The number of hydrogen-bond acceptors (Lipinski definition) is 4. The number of nitrogens with one attached hydrogen (secondary N) is 2. The highest BCUT2D eigenvalue weighted by Crippen LogP contribution is 2.18. The van der Waals surface area contributed by atoms with Gasteiger partial charge in [0.25, 0.3) is 5.91 Å². The number of H-pyrrole nitrogens is 1. The molecule has 0 saturated carbocycles. The Morgan fingerprint density at radius 2 is 2.21 bits per heavy atom. The summed E-state index contributed by atoms with van der Waals surface area (Å²) in [6.45, 7) is 4.94. The van der Waals surface area contributed by atoms with Gasteiger partial charge in [0.1, 0.15) is 17.1 Å². The summed E-state index contributed by atoms with van der Waals surface area (Å²) in [7, 11) is 1.67. The van der Waals surface area contributed by atoms with E-state index in [9.17, 15) is 4.79 Å². The van der Waals surface area contributed by atoms with Gasteiger partial charge in [0.05, 0.1) is 11.0 Å². The predicted molar refractivity (Wildman–Crippen MR) is 92.8 cm³/mol. The molecule has 0 saturated heterocycles. The standard InChI is InChI=1S/C17H18N6O/c1-4-23-10(2)20-13-9-11(6-8-14(13)23)5-7-12-15(16(18)24)17(19-3)22-21-12/h6,8-9H,4H2,1-3H3,(H2,18,24)(H2,19,21,22). The van der Waals surface area contributed by atoms with E-state index in [1.54, 1.807) is 7.05 Å². The molecule has 0 unspecified atom stereocenters. The Hall–Kier alpha value is -3.27. The van der Waals surface area contributed by atoms with Crippen molar-refractivity contribution >= 4 is 22.8 Å². The molecular weight excluding hydrogens is 304 g/mol. The highest BCUT2D eigenvalue weighted by molar-refractivity contribution is 5.99. The van der Waals surface area contributed by atoms with Crippen LogP contribution in [0.25, 0.3) is 11.0 Å². The minimum atomic E-state index is -0.579. The van der Waals surface area contributed by atoms with Crippen molar-refractivity contribution < 1.29 is 4.79 Å². The lowest BCUT2D eigenvalue weighted by atomic mass is 10.1. The minimum absolute atomic E-state index is 0.261. The van der Waals surface area contributed by atoms with Crippen LogP contribution in [-0.2, 0) is 6.54 Å². The first-order valence-corrected chi connectivity index (χ1v) is 7.60. The van der Waals surface area contributed by atoms with Gasteiger partial charge in [-0.05, 0) is 38.0 Å². The Labute approximate surface area is 139 Å². The lowest BCUT2D eigenvalue weighted by molar-refractivity contribution is 0.100. The normalized spacial score (nSPS) is 10.5. The van der Waals surface area contributed by atoms with Crippen molar-refractivity contribution in [3.05, 3.63) is 40.8 Å². The number of anilines is 1. The largest absolute Gasteiger partial charge is 0.371 e. The molecule has 0 radical (unpaired) electrons. The van der Waals surface area contributed by atoms with Crippen molar-refractivity contribution in [1.29, 1.82) is 0 Å². The summed E-state index contributed by atoms with van der Waals surface area (Å²) >= 11 is 0. The molecule has 2 aromatic heterocycles. The summed E-state index contributed by atoms with van der Waals surface area (Å²) in [5.74, 6) is 6.73. The summed E-state index contributed by atoms with van der Waals surface area (Å²) in [5, 5.41) is 9.53. The number of benzene rings is 1. The Morgan fingerprint density at radius 3 is 2.88 bits per heavy atom. The van der Waals surface area contributed by atoms with Crippen molar-refractivity contribution in [2.75, 3.05) is 12.4 Å². The number of aryl methyl sites for hydroxylation is 2. The number of carbonyl (C=O) groups is 1. The van der Waals surface area contributed by atoms with E-state index in [0.29, 0.717) is 11.5 Å². The third-order valence-corrected chi connectivity index (χ3v) is 3.84. The zero-order valence-corrected chi connectivity index (χ0v) is 13.8. The smallest absolute Gasteiger partial charge is 0.255 e. The molecule has 1 amide bonds. The second-order valence-corrected chi connectivity index (χ2v) is 5.29. The fraction of sp³-hybridized carbons (Fsp3) is 0.235. The molecule has 2 heterocycles. The first-order valence-electron chi connectivity index (χ1n) is 7.60. The number of amides is 1. The SMILES string of the molecule is CCn1c(C)nc2cc(C#Cc3[nH]nc(NC)c3C(N)=O)ccc21. The monoisotopic (exact) mass is 322 g/mol.